The van der Waals surface area contributed by atoms with Gasteiger partial charge in [-0.3, -0.25) is 14.4 Å². The second-order valence-corrected chi connectivity index (χ2v) is 7.36. The van der Waals surface area contributed by atoms with E-state index in [0.29, 0.717) is 16.7 Å². The fourth-order valence-corrected chi connectivity index (χ4v) is 3.95. The highest BCUT2D eigenvalue weighted by Crippen LogP contribution is 2.34. The number of hydrogen-bond acceptors (Lipinski definition) is 3. The fraction of sp³-hybridized carbons (Fsp3) is 0.0769. The van der Waals surface area contributed by atoms with Crippen molar-refractivity contribution in [3.63, 3.8) is 0 Å². The Morgan fingerprint density at radius 2 is 1.00 bits per heavy atom. The van der Waals surface area contributed by atoms with Crippen LogP contribution in [0.5, 0.6) is 0 Å². The Kier molecular flexibility index (Phi) is 5.41. The molecule has 0 atom stereocenters. The maximum Gasteiger partial charge on any atom is 0.289 e. The number of benzene rings is 3. The molecule has 0 bridgehead atoms. The Bertz CT molecular complexity index is 1190. The molecule has 0 spiro atoms. The van der Waals surface area contributed by atoms with E-state index in [2.05, 4.69) is 9.13 Å². The van der Waals surface area contributed by atoms with Crippen molar-refractivity contribution in [1.29, 1.82) is 0 Å². The van der Waals surface area contributed by atoms with Crippen molar-refractivity contribution in [2.75, 3.05) is 0 Å². The lowest BCUT2D eigenvalue weighted by Gasteiger charge is -2.04. The first-order chi connectivity index (χ1) is 15.1. The van der Waals surface area contributed by atoms with Crippen molar-refractivity contribution in [1.82, 2.24) is 4.57 Å². The highest BCUT2D eigenvalue weighted by atomic mass is 16.1. The van der Waals surface area contributed by atoms with Gasteiger partial charge in [-0.2, -0.15) is 0 Å². The van der Waals surface area contributed by atoms with E-state index in [1.54, 1.807) is 36.4 Å². The van der Waals surface area contributed by atoms with E-state index in [1.807, 2.05) is 50.5 Å². The Hall–Kier alpha value is -4.12. The molecule has 0 unspecified atom stereocenters. The molecule has 5 nitrogen and oxygen atoms in total. The Balaban J connectivity index is 1.98. The van der Waals surface area contributed by atoms with E-state index < -0.39 is 0 Å². The SMILES string of the molecule is Cn1c(-c2ccc(C=O)cc2)c(-c2ccc(C=O)cc2)[n+](C)c1-c1ccc(C=O)cc1. The van der Waals surface area contributed by atoms with Gasteiger partial charge in [0.05, 0.1) is 19.7 Å². The first kappa shape index (κ1) is 20.2. The average Bonchev–Trinajstić information content (AvgIpc) is 3.09. The molecule has 1 aromatic heterocycles. The highest BCUT2D eigenvalue weighted by Gasteiger charge is 2.29. The third kappa shape index (κ3) is 3.62. The predicted octanol–water partition coefficient (Wildman–Crippen LogP) is 4.29. The molecule has 0 aliphatic rings. The minimum atomic E-state index is 0.615. The number of imidazole rings is 1. The molecule has 3 aromatic carbocycles. The zero-order chi connectivity index (χ0) is 22.0. The normalized spacial score (nSPS) is 10.6. The van der Waals surface area contributed by atoms with E-state index in [4.69, 9.17) is 0 Å². The summed E-state index contributed by atoms with van der Waals surface area (Å²) in [7, 11) is 3.99. The van der Waals surface area contributed by atoms with Crippen molar-refractivity contribution in [3.05, 3.63) is 89.5 Å². The smallest absolute Gasteiger partial charge is 0.289 e. The molecule has 0 fully saturated rings. The number of carbonyl (C=O) groups is 3. The Morgan fingerprint density at radius 1 is 0.613 bits per heavy atom. The number of aromatic nitrogens is 2. The Morgan fingerprint density at radius 3 is 1.42 bits per heavy atom. The van der Waals surface area contributed by atoms with Crippen molar-refractivity contribution in [2.24, 2.45) is 14.1 Å². The van der Waals surface area contributed by atoms with E-state index in [-0.39, 0.29) is 0 Å². The van der Waals surface area contributed by atoms with Crippen LogP contribution in [-0.2, 0) is 14.1 Å². The van der Waals surface area contributed by atoms with Gasteiger partial charge in [0.25, 0.3) is 5.82 Å². The molecule has 1 heterocycles. The van der Waals surface area contributed by atoms with Gasteiger partial charge >= 0.3 is 0 Å². The largest absolute Gasteiger partial charge is 0.298 e. The monoisotopic (exact) mass is 409 g/mol. The van der Waals surface area contributed by atoms with Crippen molar-refractivity contribution in [2.45, 2.75) is 0 Å². The van der Waals surface area contributed by atoms with Gasteiger partial charge in [-0.1, -0.05) is 36.4 Å². The van der Waals surface area contributed by atoms with Gasteiger partial charge < -0.3 is 0 Å². The van der Waals surface area contributed by atoms with Gasteiger partial charge in [0.2, 0.25) is 0 Å². The molecule has 0 radical (unpaired) electrons. The van der Waals surface area contributed by atoms with Crippen molar-refractivity contribution < 1.29 is 19.0 Å². The first-order valence-corrected chi connectivity index (χ1v) is 9.83. The van der Waals surface area contributed by atoms with Gasteiger partial charge in [0.1, 0.15) is 18.9 Å². The molecular formula is C26H21N2O3+. The number of carbonyl (C=O) groups excluding carboxylic acids is 3. The van der Waals surface area contributed by atoms with Gasteiger partial charge in [-0.05, 0) is 36.4 Å². The standard InChI is InChI=1S/C26H21N2O3/c1-27-24(21-9-3-18(15-29)4-10-21)25(22-11-5-19(16-30)6-12-22)28(2)26(27)23-13-7-20(17-31)8-14-23/h3-17H,1-2H3/q+1. The Labute approximate surface area is 180 Å². The van der Waals surface area contributed by atoms with E-state index in [1.165, 1.54) is 0 Å². The number of hydrogen-bond donors (Lipinski definition) is 0. The summed E-state index contributed by atoms with van der Waals surface area (Å²) in [5.41, 5.74) is 6.71. The summed E-state index contributed by atoms with van der Waals surface area (Å²) >= 11 is 0. The molecule has 152 valence electrons. The van der Waals surface area contributed by atoms with Crippen LogP contribution in [0.25, 0.3) is 33.9 Å². The number of aldehydes is 3. The van der Waals surface area contributed by atoms with Gasteiger partial charge in [-0.25, -0.2) is 9.13 Å². The second-order valence-electron chi connectivity index (χ2n) is 7.36. The number of nitrogens with zero attached hydrogens (tertiary/aromatic N) is 2. The fourth-order valence-electron chi connectivity index (χ4n) is 3.95. The van der Waals surface area contributed by atoms with Crippen molar-refractivity contribution in [3.8, 4) is 33.9 Å². The predicted molar refractivity (Wildman–Crippen MR) is 119 cm³/mol. The lowest BCUT2D eigenvalue weighted by Crippen LogP contribution is -2.32. The molecular weight excluding hydrogens is 388 g/mol. The van der Waals surface area contributed by atoms with Crippen LogP contribution in [0.4, 0.5) is 0 Å². The third-order valence-electron chi connectivity index (χ3n) is 5.48. The minimum absolute atomic E-state index is 0.615. The molecule has 0 N–H and O–H groups in total. The zero-order valence-corrected chi connectivity index (χ0v) is 17.3. The molecule has 0 saturated carbocycles. The third-order valence-corrected chi connectivity index (χ3v) is 5.48. The van der Waals surface area contributed by atoms with Gasteiger partial charge in [0, 0.05) is 27.8 Å². The molecule has 0 aliphatic heterocycles. The van der Waals surface area contributed by atoms with Gasteiger partial charge in [0.15, 0.2) is 11.4 Å². The quantitative estimate of drug-likeness (QED) is 0.353. The van der Waals surface area contributed by atoms with Crippen LogP contribution < -0.4 is 4.57 Å². The van der Waals surface area contributed by atoms with Gasteiger partial charge in [-0.15, -0.1) is 0 Å². The maximum absolute atomic E-state index is 11.1. The molecule has 0 amide bonds. The molecule has 5 heteroatoms. The van der Waals surface area contributed by atoms with Crippen LogP contribution in [-0.4, -0.2) is 23.4 Å². The van der Waals surface area contributed by atoms with Crippen LogP contribution in [0.3, 0.4) is 0 Å². The molecule has 4 aromatic rings. The first-order valence-electron chi connectivity index (χ1n) is 9.83. The summed E-state index contributed by atoms with van der Waals surface area (Å²) in [6.45, 7) is 0. The summed E-state index contributed by atoms with van der Waals surface area (Å²) in [5.74, 6) is 0.960. The van der Waals surface area contributed by atoms with E-state index >= 15 is 0 Å². The van der Waals surface area contributed by atoms with Crippen LogP contribution in [0.2, 0.25) is 0 Å². The molecule has 0 saturated heterocycles. The summed E-state index contributed by atoms with van der Waals surface area (Å²) in [6.07, 6.45) is 2.48. The second kappa shape index (κ2) is 8.32. The zero-order valence-electron chi connectivity index (χ0n) is 17.3. The summed E-state index contributed by atoms with van der Waals surface area (Å²) in [5, 5.41) is 0. The minimum Gasteiger partial charge on any atom is -0.298 e. The highest BCUT2D eigenvalue weighted by molar-refractivity contribution is 5.83. The van der Waals surface area contributed by atoms with Crippen molar-refractivity contribution >= 4 is 18.9 Å². The molecule has 0 aliphatic carbocycles. The number of rotatable bonds is 6. The van der Waals surface area contributed by atoms with Crippen LogP contribution in [0, 0.1) is 0 Å². The van der Waals surface area contributed by atoms with E-state index in [0.717, 1.165) is 52.8 Å². The van der Waals surface area contributed by atoms with Crippen LogP contribution in [0.1, 0.15) is 31.1 Å². The van der Waals surface area contributed by atoms with Crippen LogP contribution in [0.15, 0.2) is 72.8 Å². The summed E-state index contributed by atoms with van der Waals surface area (Å²) in [4.78, 5) is 33.3. The van der Waals surface area contributed by atoms with E-state index in [9.17, 15) is 14.4 Å². The maximum atomic E-state index is 11.1. The molecule has 4 rings (SSSR count). The molecule has 31 heavy (non-hydrogen) atoms. The topological polar surface area (TPSA) is 60.0 Å². The lowest BCUT2D eigenvalue weighted by atomic mass is 10.0. The summed E-state index contributed by atoms with van der Waals surface area (Å²) in [6, 6.07) is 22.4. The lowest BCUT2D eigenvalue weighted by molar-refractivity contribution is -0.648. The van der Waals surface area contributed by atoms with Crippen LogP contribution >= 0.6 is 0 Å². The summed E-state index contributed by atoms with van der Waals surface area (Å²) < 4.78 is 4.21. The average molecular weight is 409 g/mol.